The molecular formula is C18H29Br. The molecule has 1 rings (SSSR count). The van der Waals surface area contributed by atoms with Gasteiger partial charge in [-0.25, -0.2) is 0 Å². The van der Waals surface area contributed by atoms with Crippen LogP contribution in [0, 0.1) is 5.92 Å². The molecule has 108 valence electrons. The molecule has 0 aliphatic heterocycles. The topological polar surface area (TPSA) is 0 Å². The van der Waals surface area contributed by atoms with Crippen LogP contribution >= 0.6 is 15.9 Å². The lowest BCUT2D eigenvalue weighted by atomic mass is 9.95. The van der Waals surface area contributed by atoms with E-state index in [9.17, 15) is 0 Å². The maximum Gasteiger partial charge on any atom is 0.0420 e. The van der Waals surface area contributed by atoms with E-state index < -0.39 is 0 Å². The van der Waals surface area contributed by atoms with Crippen LogP contribution in [0.3, 0.4) is 0 Å². The van der Waals surface area contributed by atoms with Gasteiger partial charge in [0.2, 0.25) is 0 Å². The molecule has 2 atom stereocenters. The Labute approximate surface area is 128 Å². The number of alkyl halides is 1. The fourth-order valence-corrected chi connectivity index (χ4v) is 3.10. The summed E-state index contributed by atoms with van der Waals surface area (Å²) in [7, 11) is 0. The fourth-order valence-electron chi connectivity index (χ4n) is 2.54. The number of hydrogen-bond acceptors (Lipinski definition) is 0. The van der Waals surface area contributed by atoms with E-state index in [1.807, 2.05) is 0 Å². The van der Waals surface area contributed by atoms with Gasteiger partial charge >= 0.3 is 0 Å². The van der Waals surface area contributed by atoms with Crippen molar-refractivity contribution in [2.24, 2.45) is 5.92 Å². The summed E-state index contributed by atoms with van der Waals surface area (Å²) in [6.45, 7) is 4.64. The van der Waals surface area contributed by atoms with Crippen LogP contribution < -0.4 is 0 Å². The third-order valence-electron chi connectivity index (χ3n) is 3.88. The van der Waals surface area contributed by atoms with Gasteiger partial charge < -0.3 is 0 Å². The van der Waals surface area contributed by atoms with Gasteiger partial charge in [-0.05, 0) is 17.9 Å². The van der Waals surface area contributed by atoms with Crippen LogP contribution in [0.25, 0.3) is 0 Å². The molecule has 1 aromatic rings. The van der Waals surface area contributed by atoms with E-state index in [1.165, 1.54) is 56.9 Å². The molecule has 0 fully saturated rings. The molecular weight excluding hydrogens is 296 g/mol. The Morgan fingerprint density at radius 2 is 1.47 bits per heavy atom. The highest BCUT2D eigenvalue weighted by Crippen LogP contribution is 2.33. The van der Waals surface area contributed by atoms with Crippen LogP contribution in [0.1, 0.15) is 75.6 Å². The zero-order chi connectivity index (χ0) is 13.9. The van der Waals surface area contributed by atoms with Gasteiger partial charge in [-0.1, -0.05) is 105 Å². The maximum atomic E-state index is 3.85. The largest absolute Gasteiger partial charge is 0.0836 e. The highest BCUT2D eigenvalue weighted by Gasteiger charge is 2.15. The standard InChI is InChI=1S/C18H29Br/c1-3-4-5-6-7-8-10-13-16(2)18(19)17-14-11-9-12-15-17/h9,11-12,14-16,18H,3-8,10,13H2,1-2H3. The summed E-state index contributed by atoms with van der Waals surface area (Å²) in [5.74, 6) is 0.720. The van der Waals surface area contributed by atoms with Crippen LogP contribution in [-0.2, 0) is 0 Å². The van der Waals surface area contributed by atoms with Crippen molar-refractivity contribution in [1.82, 2.24) is 0 Å². The average molecular weight is 325 g/mol. The number of hydrogen-bond donors (Lipinski definition) is 0. The zero-order valence-electron chi connectivity index (χ0n) is 12.6. The Morgan fingerprint density at radius 1 is 0.895 bits per heavy atom. The van der Waals surface area contributed by atoms with Gasteiger partial charge in [0.25, 0.3) is 0 Å². The average Bonchev–Trinajstić information content (AvgIpc) is 2.46. The Kier molecular flexibility index (Phi) is 9.24. The minimum absolute atomic E-state index is 0.508. The summed E-state index contributed by atoms with van der Waals surface area (Å²) in [6.07, 6.45) is 11.2. The molecule has 0 saturated heterocycles. The van der Waals surface area contributed by atoms with E-state index in [2.05, 4.69) is 60.1 Å². The smallest absolute Gasteiger partial charge is 0.0420 e. The summed E-state index contributed by atoms with van der Waals surface area (Å²) < 4.78 is 0. The highest BCUT2D eigenvalue weighted by atomic mass is 79.9. The SMILES string of the molecule is CCCCCCCCCC(C)C(Br)c1ccccc1. The first-order chi connectivity index (χ1) is 9.25. The number of unbranched alkanes of at least 4 members (excludes halogenated alkanes) is 6. The lowest BCUT2D eigenvalue weighted by Gasteiger charge is -2.18. The van der Waals surface area contributed by atoms with Crippen molar-refractivity contribution in [3.05, 3.63) is 35.9 Å². The second-order valence-corrected chi connectivity index (χ2v) is 6.69. The van der Waals surface area contributed by atoms with E-state index in [0.717, 1.165) is 5.92 Å². The minimum Gasteiger partial charge on any atom is -0.0836 e. The monoisotopic (exact) mass is 324 g/mol. The molecule has 1 heteroatoms. The lowest BCUT2D eigenvalue weighted by Crippen LogP contribution is -2.03. The van der Waals surface area contributed by atoms with Crippen LogP contribution in [0.15, 0.2) is 30.3 Å². The zero-order valence-corrected chi connectivity index (χ0v) is 14.2. The van der Waals surface area contributed by atoms with Crippen molar-refractivity contribution in [1.29, 1.82) is 0 Å². The molecule has 0 aliphatic rings. The van der Waals surface area contributed by atoms with Gasteiger partial charge in [0.1, 0.15) is 0 Å². The summed E-state index contributed by atoms with van der Waals surface area (Å²) in [4.78, 5) is 0.508. The first-order valence-electron chi connectivity index (χ1n) is 7.94. The molecule has 1 aromatic carbocycles. The number of halogens is 1. The van der Waals surface area contributed by atoms with Gasteiger partial charge in [-0.3, -0.25) is 0 Å². The quantitative estimate of drug-likeness (QED) is 0.324. The van der Waals surface area contributed by atoms with Crippen molar-refractivity contribution < 1.29 is 0 Å². The van der Waals surface area contributed by atoms with E-state index in [1.54, 1.807) is 0 Å². The van der Waals surface area contributed by atoms with Gasteiger partial charge in [0, 0.05) is 4.83 Å². The highest BCUT2D eigenvalue weighted by molar-refractivity contribution is 9.09. The predicted octanol–water partition coefficient (Wildman–Crippen LogP) is 6.90. The van der Waals surface area contributed by atoms with Crippen LogP contribution in [-0.4, -0.2) is 0 Å². The predicted molar refractivity (Wildman–Crippen MR) is 89.9 cm³/mol. The van der Waals surface area contributed by atoms with Crippen molar-refractivity contribution in [2.75, 3.05) is 0 Å². The Hall–Kier alpha value is -0.300. The summed E-state index contributed by atoms with van der Waals surface area (Å²) in [5.41, 5.74) is 1.41. The first kappa shape index (κ1) is 16.8. The van der Waals surface area contributed by atoms with Crippen LogP contribution in [0.4, 0.5) is 0 Å². The molecule has 0 nitrogen and oxygen atoms in total. The number of benzene rings is 1. The van der Waals surface area contributed by atoms with E-state index >= 15 is 0 Å². The molecule has 0 aliphatic carbocycles. The maximum absolute atomic E-state index is 3.85. The first-order valence-corrected chi connectivity index (χ1v) is 8.86. The second-order valence-electron chi connectivity index (χ2n) is 5.70. The van der Waals surface area contributed by atoms with Gasteiger partial charge in [-0.2, -0.15) is 0 Å². The Bertz CT molecular complexity index is 307. The molecule has 0 N–H and O–H groups in total. The molecule has 0 bridgehead atoms. The van der Waals surface area contributed by atoms with Crippen molar-refractivity contribution in [3.63, 3.8) is 0 Å². The molecule has 19 heavy (non-hydrogen) atoms. The number of rotatable bonds is 10. The van der Waals surface area contributed by atoms with Gasteiger partial charge in [0.05, 0.1) is 0 Å². The molecule has 0 heterocycles. The second kappa shape index (κ2) is 10.5. The molecule has 0 radical (unpaired) electrons. The minimum atomic E-state index is 0.508. The molecule has 0 aromatic heterocycles. The third-order valence-corrected chi connectivity index (χ3v) is 5.31. The molecule has 2 unspecified atom stereocenters. The molecule has 0 spiro atoms. The normalized spacial score (nSPS) is 14.3. The summed E-state index contributed by atoms with van der Waals surface area (Å²) in [6, 6.07) is 10.8. The molecule has 0 saturated carbocycles. The van der Waals surface area contributed by atoms with Crippen molar-refractivity contribution in [3.8, 4) is 0 Å². The van der Waals surface area contributed by atoms with Crippen molar-refractivity contribution >= 4 is 15.9 Å². The van der Waals surface area contributed by atoms with E-state index in [-0.39, 0.29) is 0 Å². The van der Waals surface area contributed by atoms with Crippen LogP contribution in [0.2, 0.25) is 0 Å². The van der Waals surface area contributed by atoms with Crippen molar-refractivity contribution in [2.45, 2.75) is 70.0 Å². The summed E-state index contributed by atoms with van der Waals surface area (Å²) >= 11 is 3.85. The van der Waals surface area contributed by atoms with E-state index in [0.29, 0.717) is 4.83 Å². The fraction of sp³-hybridized carbons (Fsp3) is 0.667. The van der Waals surface area contributed by atoms with Crippen LogP contribution in [0.5, 0.6) is 0 Å². The van der Waals surface area contributed by atoms with Gasteiger partial charge in [0.15, 0.2) is 0 Å². The molecule has 0 amide bonds. The van der Waals surface area contributed by atoms with Gasteiger partial charge in [-0.15, -0.1) is 0 Å². The van der Waals surface area contributed by atoms with E-state index in [4.69, 9.17) is 0 Å². The Balaban J connectivity index is 2.12. The lowest BCUT2D eigenvalue weighted by molar-refractivity contribution is 0.477. The third kappa shape index (κ3) is 7.15. The summed E-state index contributed by atoms with van der Waals surface area (Å²) in [5, 5.41) is 0. The Morgan fingerprint density at radius 3 is 2.11 bits per heavy atom.